The van der Waals surface area contributed by atoms with Gasteiger partial charge in [0, 0.05) is 6.42 Å². The second kappa shape index (κ2) is 6.64. The Balaban J connectivity index is 2.21. The van der Waals surface area contributed by atoms with Crippen LogP contribution in [0.4, 0.5) is 4.39 Å². The van der Waals surface area contributed by atoms with Gasteiger partial charge in [-0.25, -0.2) is 8.96 Å². The van der Waals surface area contributed by atoms with Crippen LogP contribution >= 0.6 is 7.82 Å². The number of likely N-dealkylation sites (N-methyl/N-ethyl adjacent to an activating group) is 1. The largest absolute Gasteiger partial charge is 0.515 e. The van der Waals surface area contributed by atoms with Crippen molar-refractivity contribution in [1.29, 1.82) is 0 Å². The van der Waals surface area contributed by atoms with E-state index >= 15 is 0 Å². The van der Waals surface area contributed by atoms with Crippen LogP contribution in [0.3, 0.4) is 0 Å². The topological polar surface area (TPSA) is 76.0 Å². The number of hydroxylamine groups is 3. The highest BCUT2D eigenvalue weighted by molar-refractivity contribution is 7.46. The molecule has 0 aromatic heterocycles. The van der Waals surface area contributed by atoms with Gasteiger partial charge in [0.2, 0.25) is 0 Å². The molecule has 1 saturated heterocycles. The van der Waals surface area contributed by atoms with Crippen molar-refractivity contribution in [1.82, 2.24) is 0 Å². The van der Waals surface area contributed by atoms with E-state index in [0.29, 0.717) is 12.4 Å². The molecule has 1 aromatic carbocycles. The molecule has 0 spiro atoms. The molecule has 0 bridgehead atoms. The third kappa shape index (κ3) is 4.51. The van der Waals surface area contributed by atoms with Crippen LogP contribution in [0.25, 0.3) is 0 Å². The number of piperidine rings is 1. The number of hydrogen-bond donors (Lipinski definition) is 2. The highest BCUT2D eigenvalue weighted by Gasteiger charge is 2.44. The van der Waals surface area contributed by atoms with Crippen molar-refractivity contribution >= 4 is 7.82 Å². The van der Waals surface area contributed by atoms with Crippen molar-refractivity contribution in [2.24, 2.45) is 0 Å². The van der Waals surface area contributed by atoms with Crippen LogP contribution < -0.4 is 4.74 Å². The molecule has 0 aliphatic carbocycles. The van der Waals surface area contributed by atoms with Crippen LogP contribution in [-0.2, 0) is 9.19 Å². The minimum Gasteiger partial charge on any atom is -0.494 e. The zero-order chi connectivity index (χ0) is 16.4. The molecule has 2 N–H and O–H groups in total. The first kappa shape index (κ1) is 17.4. The summed E-state index contributed by atoms with van der Waals surface area (Å²) in [4.78, 5) is 18.1. The van der Waals surface area contributed by atoms with Gasteiger partial charge in [0.05, 0.1) is 19.6 Å². The minimum absolute atomic E-state index is 0.155. The number of phosphoric acid groups is 1. The summed E-state index contributed by atoms with van der Waals surface area (Å²) in [6.07, 6.45) is -0.900. The van der Waals surface area contributed by atoms with E-state index < -0.39 is 19.9 Å². The van der Waals surface area contributed by atoms with Gasteiger partial charge in [-0.2, -0.15) is 4.65 Å². The predicted molar refractivity (Wildman–Crippen MR) is 78.9 cm³/mol. The molecular weight excluding hydrogens is 312 g/mol. The molecule has 3 atom stereocenters. The number of nitrogens with zero attached hydrogens (tertiary/aromatic N) is 1. The Hall–Kier alpha value is -0.980. The van der Waals surface area contributed by atoms with Gasteiger partial charge in [-0.15, -0.1) is 0 Å². The van der Waals surface area contributed by atoms with E-state index in [-0.39, 0.29) is 24.2 Å². The fourth-order valence-corrected chi connectivity index (χ4v) is 3.53. The normalized spacial score (nSPS) is 29.3. The molecule has 8 heteroatoms. The second-order valence-electron chi connectivity index (χ2n) is 5.69. The van der Waals surface area contributed by atoms with Crippen molar-refractivity contribution in [2.75, 3.05) is 26.7 Å². The molecule has 1 aromatic rings. The first-order chi connectivity index (χ1) is 10.2. The Labute approximate surface area is 129 Å². The number of likely N-dealkylation sites (tertiary alicyclic amines) is 1. The maximum Gasteiger partial charge on any atom is 0.515 e. The summed E-state index contributed by atoms with van der Waals surface area (Å²) >= 11 is 0. The lowest BCUT2D eigenvalue weighted by molar-refractivity contribution is -1.07. The molecule has 0 amide bonds. The maximum absolute atomic E-state index is 14.3. The number of alkyl halides is 1. The van der Waals surface area contributed by atoms with Gasteiger partial charge in [-0.05, 0) is 24.6 Å². The van der Waals surface area contributed by atoms with Crippen LogP contribution in [0.2, 0.25) is 0 Å². The van der Waals surface area contributed by atoms with Crippen LogP contribution in [-0.4, -0.2) is 47.3 Å². The quantitative estimate of drug-likeness (QED) is 0.639. The van der Waals surface area contributed by atoms with Gasteiger partial charge in [-0.3, -0.25) is 9.79 Å². The molecule has 1 aliphatic heterocycles. The summed E-state index contributed by atoms with van der Waals surface area (Å²) in [7, 11) is -3.07. The highest BCUT2D eigenvalue weighted by Crippen LogP contribution is 2.43. The molecule has 0 radical (unpaired) electrons. The molecule has 3 unspecified atom stereocenters. The Morgan fingerprint density at radius 2 is 2.18 bits per heavy atom. The molecule has 6 nitrogen and oxygen atoms in total. The summed E-state index contributed by atoms with van der Waals surface area (Å²) in [6.45, 7) is 2.76. The molecule has 124 valence electrons. The summed E-state index contributed by atoms with van der Waals surface area (Å²) in [5.74, 6) is 0.161. The lowest BCUT2D eigenvalue weighted by Gasteiger charge is -2.39. The van der Waals surface area contributed by atoms with Crippen LogP contribution in [0.5, 0.6) is 5.75 Å². The Kier molecular flexibility index (Phi) is 5.25. The van der Waals surface area contributed by atoms with Crippen molar-refractivity contribution in [3.8, 4) is 5.75 Å². The van der Waals surface area contributed by atoms with Gasteiger partial charge in [-0.1, -0.05) is 16.8 Å². The number of ether oxygens (including phenoxy) is 1. The zero-order valence-corrected chi connectivity index (χ0v) is 13.6. The molecule has 0 saturated carbocycles. The lowest BCUT2D eigenvalue weighted by atomic mass is 9.89. The number of benzene rings is 1. The SMILES string of the molecule is CCOc1cccc(C2C[N+](C)(OP(=O)(O)O)CCC2F)c1. The summed E-state index contributed by atoms with van der Waals surface area (Å²) in [5.41, 5.74) is 0.747. The van der Waals surface area contributed by atoms with E-state index in [2.05, 4.69) is 0 Å². The van der Waals surface area contributed by atoms with E-state index in [9.17, 15) is 8.96 Å². The molecule has 2 rings (SSSR count). The Morgan fingerprint density at radius 1 is 1.45 bits per heavy atom. The Bertz CT molecular complexity index is 566. The minimum atomic E-state index is -4.63. The number of rotatable bonds is 5. The van der Waals surface area contributed by atoms with Crippen molar-refractivity contribution in [3.63, 3.8) is 0 Å². The van der Waals surface area contributed by atoms with Crippen molar-refractivity contribution in [2.45, 2.75) is 25.4 Å². The van der Waals surface area contributed by atoms with E-state index in [1.165, 1.54) is 0 Å². The van der Waals surface area contributed by atoms with Gasteiger partial charge in [0.15, 0.2) is 0 Å². The molecule has 22 heavy (non-hydrogen) atoms. The van der Waals surface area contributed by atoms with Crippen LogP contribution in [0, 0.1) is 0 Å². The van der Waals surface area contributed by atoms with Crippen LogP contribution in [0.1, 0.15) is 24.8 Å². The number of halogens is 1. The average molecular weight is 334 g/mol. The zero-order valence-electron chi connectivity index (χ0n) is 12.7. The summed E-state index contributed by atoms with van der Waals surface area (Å²) in [6, 6.07) is 7.15. The molecular formula is C14H22FNO5P+. The predicted octanol–water partition coefficient (Wildman–Crippen LogP) is 2.38. The van der Waals surface area contributed by atoms with E-state index in [0.717, 1.165) is 5.56 Å². The Morgan fingerprint density at radius 3 is 2.82 bits per heavy atom. The van der Waals surface area contributed by atoms with Gasteiger partial charge >= 0.3 is 7.82 Å². The van der Waals surface area contributed by atoms with Crippen molar-refractivity contribution < 1.29 is 32.7 Å². The maximum atomic E-state index is 14.3. The number of quaternary nitrogens is 1. The molecule has 1 fully saturated rings. The second-order valence-corrected chi connectivity index (χ2v) is 6.84. The van der Waals surface area contributed by atoms with Crippen LogP contribution in [0.15, 0.2) is 24.3 Å². The highest BCUT2D eigenvalue weighted by atomic mass is 31.2. The fourth-order valence-electron chi connectivity index (χ4n) is 2.87. The first-order valence-corrected chi connectivity index (χ1v) is 8.74. The first-order valence-electron chi connectivity index (χ1n) is 7.21. The molecule has 1 heterocycles. The third-order valence-electron chi connectivity index (χ3n) is 3.80. The van der Waals surface area contributed by atoms with Crippen molar-refractivity contribution in [3.05, 3.63) is 29.8 Å². The fraction of sp³-hybridized carbons (Fsp3) is 0.571. The smallest absolute Gasteiger partial charge is 0.494 e. The van der Waals surface area contributed by atoms with E-state index in [1.807, 2.05) is 6.92 Å². The molecule has 1 aliphatic rings. The van der Waals surface area contributed by atoms with Gasteiger partial charge < -0.3 is 4.74 Å². The van der Waals surface area contributed by atoms with Gasteiger partial charge in [0.1, 0.15) is 25.0 Å². The lowest BCUT2D eigenvalue weighted by Crippen LogP contribution is -2.52. The number of hydrogen-bond acceptors (Lipinski definition) is 3. The standard InChI is InChI=1S/C14H21FNO5P/c1-3-20-12-6-4-5-11(9-12)13-10-16(2,8-7-14(13)15)21-22(17,18)19/h4-6,9,13-14H,3,7-8,10H2,1-2H3,(H-,17,18,19)/p+1. The third-order valence-corrected chi connectivity index (χ3v) is 4.41. The monoisotopic (exact) mass is 334 g/mol. The van der Waals surface area contributed by atoms with Gasteiger partial charge in [0.25, 0.3) is 0 Å². The van der Waals surface area contributed by atoms with E-state index in [4.69, 9.17) is 19.1 Å². The van der Waals surface area contributed by atoms with E-state index in [1.54, 1.807) is 31.3 Å². The summed E-state index contributed by atoms with van der Waals surface area (Å²) < 4.78 is 35.4. The average Bonchev–Trinajstić information content (AvgIpc) is 2.40. The summed E-state index contributed by atoms with van der Waals surface area (Å²) in [5, 5.41) is 0.